The van der Waals surface area contributed by atoms with E-state index in [1.54, 1.807) is 0 Å². The number of nitrogens with zero attached hydrogens (tertiary/aromatic N) is 1. The molecular weight excluding hydrogens is 218 g/mol. The van der Waals surface area contributed by atoms with Gasteiger partial charge in [0.1, 0.15) is 0 Å². The molecule has 2 atom stereocenters. The largest absolute Gasteiger partial charge is 0.371 e. The Morgan fingerprint density at radius 1 is 1.22 bits per heavy atom. The Hall–Kier alpha value is -1.24. The second-order valence-corrected chi connectivity index (χ2v) is 5.62. The van der Waals surface area contributed by atoms with Crippen LogP contribution < -0.4 is 0 Å². The molecule has 0 aromatic carbocycles. The predicted octanol–water partition coefficient (Wildman–Crippen LogP) is 4.31. The molecule has 1 heteroatoms. The fourth-order valence-electron chi connectivity index (χ4n) is 3.30. The summed E-state index contributed by atoms with van der Waals surface area (Å²) in [6, 6.07) is 0. The zero-order valence-electron chi connectivity index (χ0n) is 11.8. The van der Waals surface area contributed by atoms with Gasteiger partial charge in [-0.05, 0) is 49.7 Å². The third-order valence-corrected chi connectivity index (χ3v) is 4.52. The van der Waals surface area contributed by atoms with Crippen LogP contribution in [0.4, 0.5) is 0 Å². The summed E-state index contributed by atoms with van der Waals surface area (Å²) in [5.74, 6) is 1.85. The van der Waals surface area contributed by atoms with Crippen molar-refractivity contribution < 1.29 is 0 Å². The van der Waals surface area contributed by atoms with Crippen molar-refractivity contribution in [2.45, 2.75) is 33.1 Å². The molecule has 0 radical (unpaired) electrons. The van der Waals surface area contributed by atoms with Crippen LogP contribution in [0.2, 0.25) is 0 Å². The Kier molecular flexibility index (Phi) is 4.11. The standard InChI is InChI=1S/C17H25N/c1-5-15(6-2)10-13(3)14(4)18-11-16-8-7-9-17(16)12-18/h5-6,10,16-17H,1,4,7-9,11-12H2,2-3H3/b13-10+,15-6-. The second-order valence-electron chi connectivity index (χ2n) is 5.62. The van der Waals surface area contributed by atoms with Crippen LogP contribution in [0, 0.1) is 11.8 Å². The number of hydrogen-bond acceptors (Lipinski definition) is 1. The first kappa shape index (κ1) is 13.2. The molecule has 0 aromatic heterocycles. The van der Waals surface area contributed by atoms with Crippen molar-refractivity contribution in [1.82, 2.24) is 4.90 Å². The Balaban J connectivity index is 2.02. The number of fused-ring (bicyclic) bond motifs is 1. The van der Waals surface area contributed by atoms with E-state index < -0.39 is 0 Å². The molecule has 1 saturated heterocycles. The lowest BCUT2D eigenvalue weighted by Crippen LogP contribution is -2.21. The third kappa shape index (κ3) is 2.60. The quantitative estimate of drug-likeness (QED) is 0.665. The number of rotatable bonds is 4. The van der Waals surface area contributed by atoms with Gasteiger partial charge >= 0.3 is 0 Å². The Labute approximate surface area is 112 Å². The van der Waals surface area contributed by atoms with E-state index in [4.69, 9.17) is 0 Å². The minimum atomic E-state index is 0.926. The SMILES string of the molecule is C=CC(=C/C)/C=C(\C)C(=C)N1CC2CCCC2C1. The van der Waals surface area contributed by atoms with Gasteiger partial charge in [-0.2, -0.15) is 0 Å². The van der Waals surface area contributed by atoms with Crippen molar-refractivity contribution in [1.29, 1.82) is 0 Å². The Bertz CT molecular complexity index is 388. The smallest absolute Gasteiger partial charge is 0.0323 e. The molecule has 0 spiro atoms. The molecule has 1 saturated carbocycles. The molecule has 2 rings (SSSR count). The summed E-state index contributed by atoms with van der Waals surface area (Å²) in [5.41, 5.74) is 3.64. The lowest BCUT2D eigenvalue weighted by atomic mass is 10.0. The second kappa shape index (κ2) is 5.60. The van der Waals surface area contributed by atoms with Crippen LogP contribution in [0.25, 0.3) is 0 Å². The highest BCUT2D eigenvalue weighted by Crippen LogP contribution is 2.39. The first-order valence-corrected chi connectivity index (χ1v) is 7.07. The highest BCUT2D eigenvalue weighted by atomic mass is 15.2. The molecule has 1 aliphatic carbocycles. The average molecular weight is 243 g/mol. The van der Waals surface area contributed by atoms with E-state index in [1.807, 2.05) is 13.0 Å². The molecule has 98 valence electrons. The minimum Gasteiger partial charge on any atom is -0.371 e. The molecule has 0 bridgehead atoms. The van der Waals surface area contributed by atoms with Gasteiger partial charge in [0.05, 0.1) is 0 Å². The predicted molar refractivity (Wildman–Crippen MR) is 79.3 cm³/mol. The van der Waals surface area contributed by atoms with E-state index >= 15 is 0 Å². The van der Waals surface area contributed by atoms with Crippen molar-refractivity contribution in [2.24, 2.45) is 11.8 Å². The molecule has 1 nitrogen and oxygen atoms in total. The van der Waals surface area contributed by atoms with Crippen LogP contribution >= 0.6 is 0 Å². The minimum absolute atomic E-state index is 0.926. The topological polar surface area (TPSA) is 3.24 Å². The third-order valence-electron chi connectivity index (χ3n) is 4.52. The van der Waals surface area contributed by atoms with Gasteiger partial charge < -0.3 is 4.90 Å². The molecule has 1 aliphatic heterocycles. The average Bonchev–Trinajstić information content (AvgIpc) is 2.95. The lowest BCUT2D eigenvalue weighted by molar-refractivity contribution is 0.395. The molecule has 0 aromatic rings. The van der Waals surface area contributed by atoms with Crippen LogP contribution in [0.5, 0.6) is 0 Å². The van der Waals surface area contributed by atoms with Gasteiger partial charge in [0.15, 0.2) is 0 Å². The van der Waals surface area contributed by atoms with Crippen LogP contribution in [-0.4, -0.2) is 18.0 Å². The zero-order chi connectivity index (χ0) is 13.1. The molecule has 2 fully saturated rings. The van der Waals surface area contributed by atoms with E-state index in [-0.39, 0.29) is 0 Å². The van der Waals surface area contributed by atoms with Crippen molar-refractivity contribution in [3.63, 3.8) is 0 Å². The maximum Gasteiger partial charge on any atom is 0.0323 e. The monoisotopic (exact) mass is 243 g/mol. The van der Waals surface area contributed by atoms with E-state index in [9.17, 15) is 0 Å². The molecule has 2 unspecified atom stereocenters. The van der Waals surface area contributed by atoms with Crippen LogP contribution in [0.1, 0.15) is 33.1 Å². The first-order valence-electron chi connectivity index (χ1n) is 7.07. The van der Waals surface area contributed by atoms with Crippen molar-refractivity contribution in [3.8, 4) is 0 Å². The molecule has 1 heterocycles. The summed E-state index contributed by atoms with van der Waals surface area (Å²) >= 11 is 0. The summed E-state index contributed by atoms with van der Waals surface area (Å²) in [5, 5.41) is 0. The molecular formula is C17H25N. The van der Waals surface area contributed by atoms with Gasteiger partial charge in [0.2, 0.25) is 0 Å². The normalized spacial score (nSPS) is 28.4. The van der Waals surface area contributed by atoms with Gasteiger partial charge in [0, 0.05) is 18.8 Å². The number of allylic oxidation sites excluding steroid dienone is 5. The van der Waals surface area contributed by atoms with Crippen LogP contribution in [0.15, 0.2) is 48.2 Å². The summed E-state index contributed by atoms with van der Waals surface area (Å²) in [4.78, 5) is 2.48. The van der Waals surface area contributed by atoms with Gasteiger partial charge in [0.25, 0.3) is 0 Å². The van der Waals surface area contributed by atoms with E-state index in [0.717, 1.165) is 11.8 Å². The maximum absolute atomic E-state index is 4.28. The molecule has 0 N–H and O–H groups in total. The maximum atomic E-state index is 4.28. The molecule has 0 amide bonds. The van der Waals surface area contributed by atoms with Crippen molar-refractivity contribution in [3.05, 3.63) is 48.2 Å². The van der Waals surface area contributed by atoms with Crippen LogP contribution in [-0.2, 0) is 0 Å². The lowest BCUT2D eigenvalue weighted by Gasteiger charge is -2.22. The van der Waals surface area contributed by atoms with E-state index in [0.29, 0.717) is 0 Å². The summed E-state index contributed by atoms with van der Waals surface area (Å²) in [6.45, 7) is 14.7. The fraction of sp³-hybridized carbons (Fsp3) is 0.529. The van der Waals surface area contributed by atoms with Gasteiger partial charge in [-0.1, -0.05) is 37.8 Å². The summed E-state index contributed by atoms with van der Waals surface area (Å²) < 4.78 is 0. The summed E-state index contributed by atoms with van der Waals surface area (Å²) in [7, 11) is 0. The van der Waals surface area contributed by atoms with Crippen molar-refractivity contribution in [2.75, 3.05) is 13.1 Å². The van der Waals surface area contributed by atoms with Crippen LogP contribution in [0.3, 0.4) is 0 Å². The Morgan fingerprint density at radius 3 is 2.33 bits per heavy atom. The Morgan fingerprint density at radius 2 is 1.83 bits per heavy atom. The summed E-state index contributed by atoms with van der Waals surface area (Å²) in [6.07, 6.45) is 10.4. The zero-order valence-corrected chi connectivity index (χ0v) is 11.8. The fourth-order valence-corrected chi connectivity index (χ4v) is 3.30. The van der Waals surface area contributed by atoms with Crippen molar-refractivity contribution >= 4 is 0 Å². The van der Waals surface area contributed by atoms with E-state index in [1.165, 1.54) is 49.2 Å². The highest BCUT2D eigenvalue weighted by Gasteiger charge is 2.36. The number of likely N-dealkylation sites (tertiary alicyclic amines) is 1. The van der Waals surface area contributed by atoms with E-state index in [2.05, 4.69) is 37.1 Å². The molecule has 2 aliphatic rings. The number of hydrogen-bond donors (Lipinski definition) is 0. The highest BCUT2D eigenvalue weighted by molar-refractivity contribution is 5.38. The molecule has 18 heavy (non-hydrogen) atoms. The van der Waals surface area contributed by atoms with Gasteiger partial charge in [-0.3, -0.25) is 0 Å². The van der Waals surface area contributed by atoms with Gasteiger partial charge in [-0.25, -0.2) is 0 Å². The first-order chi connectivity index (χ1) is 8.65. The van der Waals surface area contributed by atoms with Gasteiger partial charge in [-0.15, -0.1) is 0 Å².